The second kappa shape index (κ2) is 6.79. The van der Waals surface area contributed by atoms with Gasteiger partial charge >= 0.3 is 0 Å². The van der Waals surface area contributed by atoms with Crippen molar-refractivity contribution in [2.45, 2.75) is 65.2 Å². The maximum Gasteiger partial charge on any atom is 0.141 e. The fraction of sp³-hybridized carbons (Fsp3) is 0.478. The molecule has 0 radical (unpaired) electrons. The second-order valence-electron chi connectivity index (χ2n) is 7.65. The van der Waals surface area contributed by atoms with E-state index < -0.39 is 0 Å². The molecular formula is C23H27BrO. The van der Waals surface area contributed by atoms with Crippen LogP contribution in [0.3, 0.4) is 0 Å². The zero-order valence-electron chi connectivity index (χ0n) is 15.6. The molecule has 2 aromatic rings. The summed E-state index contributed by atoms with van der Waals surface area (Å²) in [5.74, 6) is 1.03. The van der Waals surface area contributed by atoms with Crippen molar-refractivity contribution in [2.24, 2.45) is 0 Å². The Balaban J connectivity index is 2.09. The largest absolute Gasteiger partial charge is 0.495 e. The Morgan fingerprint density at radius 2 is 1.36 bits per heavy atom. The maximum atomic E-state index is 5.94. The molecule has 0 aromatic heterocycles. The van der Waals surface area contributed by atoms with Crippen LogP contribution >= 0.6 is 15.9 Å². The van der Waals surface area contributed by atoms with E-state index in [1.54, 1.807) is 11.1 Å². The van der Waals surface area contributed by atoms with Gasteiger partial charge in [0.1, 0.15) is 5.75 Å². The molecule has 2 aromatic carbocycles. The Kier molecular flexibility index (Phi) is 4.66. The molecule has 0 heterocycles. The topological polar surface area (TPSA) is 9.23 Å². The minimum absolute atomic E-state index is 1.03. The smallest absolute Gasteiger partial charge is 0.141 e. The second-order valence-corrected chi connectivity index (χ2v) is 8.50. The number of benzene rings is 2. The highest BCUT2D eigenvalue weighted by Gasteiger charge is 2.26. The minimum atomic E-state index is 1.03. The van der Waals surface area contributed by atoms with Gasteiger partial charge in [-0.3, -0.25) is 0 Å². The minimum Gasteiger partial charge on any atom is -0.495 e. The van der Waals surface area contributed by atoms with Gasteiger partial charge in [-0.1, -0.05) is 6.07 Å². The van der Waals surface area contributed by atoms with Gasteiger partial charge in [0.05, 0.1) is 11.6 Å². The Hall–Kier alpha value is -1.28. The Labute approximate surface area is 159 Å². The van der Waals surface area contributed by atoms with Crippen LogP contribution < -0.4 is 4.74 Å². The summed E-state index contributed by atoms with van der Waals surface area (Å²) in [6, 6.07) is 4.73. The predicted molar refractivity (Wildman–Crippen MR) is 109 cm³/mol. The summed E-state index contributed by atoms with van der Waals surface area (Å²) in [6.07, 6.45) is 10.0. The number of hydrogen-bond acceptors (Lipinski definition) is 1. The van der Waals surface area contributed by atoms with Crippen molar-refractivity contribution in [3.8, 4) is 16.9 Å². The maximum absolute atomic E-state index is 5.94. The molecule has 132 valence electrons. The van der Waals surface area contributed by atoms with Crippen molar-refractivity contribution in [3.63, 3.8) is 0 Å². The number of methoxy groups -OCH3 is 1. The zero-order valence-corrected chi connectivity index (χ0v) is 17.2. The van der Waals surface area contributed by atoms with Gasteiger partial charge in [0.2, 0.25) is 0 Å². The van der Waals surface area contributed by atoms with E-state index in [1.807, 2.05) is 7.11 Å². The molecule has 2 aliphatic rings. The molecule has 0 unspecified atom stereocenters. The first-order valence-electron chi connectivity index (χ1n) is 9.62. The first kappa shape index (κ1) is 17.1. The van der Waals surface area contributed by atoms with E-state index in [2.05, 4.69) is 41.9 Å². The SMILES string of the molecule is COc1c(Br)cc2c(c1-c1c(C)c(C)cc3c1CCCC3)CCCC2. The van der Waals surface area contributed by atoms with Gasteiger partial charge in [0.15, 0.2) is 0 Å². The third-order valence-corrected chi connectivity index (χ3v) is 6.77. The molecule has 2 aliphatic carbocycles. The van der Waals surface area contributed by atoms with Crippen molar-refractivity contribution >= 4 is 15.9 Å². The lowest BCUT2D eigenvalue weighted by molar-refractivity contribution is 0.412. The molecule has 0 spiro atoms. The average Bonchev–Trinajstić information content (AvgIpc) is 2.62. The van der Waals surface area contributed by atoms with Gasteiger partial charge in [-0.15, -0.1) is 0 Å². The van der Waals surface area contributed by atoms with Crippen LogP contribution in [0.2, 0.25) is 0 Å². The van der Waals surface area contributed by atoms with Crippen molar-refractivity contribution in [3.05, 3.63) is 50.0 Å². The van der Waals surface area contributed by atoms with Crippen molar-refractivity contribution in [1.29, 1.82) is 0 Å². The van der Waals surface area contributed by atoms with E-state index in [-0.39, 0.29) is 0 Å². The van der Waals surface area contributed by atoms with Crippen LogP contribution in [0.1, 0.15) is 59.1 Å². The average molecular weight is 399 g/mol. The highest BCUT2D eigenvalue weighted by Crippen LogP contribution is 2.47. The Morgan fingerprint density at radius 1 is 0.800 bits per heavy atom. The molecule has 4 rings (SSSR count). The van der Waals surface area contributed by atoms with E-state index in [9.17, 15) is 0 Å². The quantitative estimate of drug-likeness (QED) is 0.560. The lowest BCUT2D eigenvalue weighted by Gasteiger charge is -2.28. The summed E-state index contributed by atoms with van der Waals surface area (Å²) in [6.45, 7) is 4.57. The number of hydrogen-bond donors (Lipinski definition) is 0. The van der Waals surface area contributed by atoms with Crippen molar-refractivity contribution < 1.29 is 4.74 Å². The molecular weight excluding hydrogens is 372 g/mol. The summed E-state index contributed by atoms with van der Waals surface area (Å²) in [4.78, 5) is 0. The van der Waals surface area contributed by atoms with Crippen LogP contribution in [0.4, 0.5) is 0 Å². The van der Waals surface area contributed by atoms with Crippen LogP contribution in [0.25, 0.3) is 11.1 Å². The molecule has 25 heavy (non-hydrogen) atoms. The van der Waals surface area contributed by atoms with E-state index >= 15 is 0 Å². The number of fused-ring (bicyclic) bond motifs is 2. The van der Waals surface area contributed by atoms with E-state index in [1.165, 1.54) is 84.7 Å². The number of rotatable bonds is 2. The third-order valence-electron chi connectivity index (χ3n) is 6.18. The normalized spacial score (nSPS) is 16.3. The summed E-state index contributed by atoms with van der Waals surface area (Å²) in [5, 5.41) is 0. The lowest BCUT2D eigenvalue weighted by atomic mass is 9.78. The van der Waals surface area contributed by atoms with Gasteiger partial charge in [-0.2, -0.15) is 0 Å². The third kappa shape index (κ3) is 2.83. The van der Waals surface area contributed by atoms with Gasteiger partial charge < -0.3 is 4.74 Å². The number of halogens is 1. The molecule has 0 bridgehead atoms. The van der Waals surface area contributed by atoms with Crippen LogP contribution in [0.15, 0.2) is 16.6 Å². The first-order valence-corrected chi connectivity index (χ1v) is 10.4. The summed E-state index contributed by atoms with van der Waals surface area (Å²) >= 11 is 3.80. The lowest BCUT2D eigenvalue weighted by Crippen LogP contribution is -2.12. The van der Waals surface area contributed by atoms with Crippen molar-refractivity contribution in [2.75, 3.05) is 7.11 Å². The predicted octanol–water partition coefficient (Wildman–Crippen LogP) is 6.50. The number of aryl methyl sites for hydroxylation is 3. The van der Waals surface area contributed by atoms with Crippen LogP contribution in [0.5, 0.6) is 5.75 Å². The molecule has 1 nitrogen and oxygen atoms in total. The molecule has 2 heteroatoms. The standard InChI is InChI=1S/C23H27BrO/c1-14-12-16-8-4-6-10-18(16)21(15(14)2)22-19-11-7-5-9-17(19)13-20(24)23(22)25-3/h12-13H,4-11H2,1-3H3. The molecule has 0 aliphatic heterocycles. The van der Waals surface area contributed by atoms with Crippen molar-refractivity contribution in [1.82, 2.24) is 0 Å². The van der Waals surface area contributed by atoms with Gasteiger partial charge in [0, 0.05) is 5.56 Å². The number of ether oxygens (including phenoxy) is 1. The fourth-order valence-electron chi connectivity index (χ4n) is 4.82. The van der Waals surface area contributed by atoms with E-state index in [0.29, 0.717) is 0 Å². The van der Waals surface area contributed by atoms with Crippen LogP contribution in [-0.2, 0) is 25.7 Å². The highest BCUT2D eigenvalue weighted by atomic mass is 79.9. The summed E-state index contributed by atoms with van der Waals surface area (Å²) in [7, 11) is 1.82. The molecule has 0 saturated carbocycles. The van der Waals surface area contributed by atoms with E-state index in [4.69, 9.17) is 4.74 Å². The van der Waals surface area contributed by atoms with Crippen LogP contribution in [-0.4, -0.2) is 7.11 Å². The molecule has 0 amide bonds. The van der Waals surface area contributed by atoms with Gasteiger partial charge in [-0.25, -0.2) is 0 Å². The molecule has 0 fully saturated rings. The molecule has 0 N–H and O–H groups in total. The Bertz CT molecular complexity index is 835. The summed E-state index contributed by atoms with van der Waals surface area (Å²) in [5.41, 5.74) is 11.9. The molecule has 0 saturated heterocycles. The Morgan fingerprint density at radius 3 is 2.00 bits per heavy atom. The highest BCUT2D eigenvalue weighted by molar-refractivity contribution is 9.10. The fourth-order valence-corrected chi connectivity index (χ4v) is 5.45. The van der Waals surface area contributed by atoms with Gasteiger partial charge in [-0.05, 0) is 126 Å². The summed E-state index contributed by atoms with van der Waals surface area (Å²) < 4.78 is 7.04. The first-order chi connectivity index (χ1) is 12.1. The van der Waals surface area contributed by atoms with E-state index in [0.717, 1.165) is 10.2 Å². The zero-order chi connectivity index (χ0) is 17.6. The molecule has 0 atom stereocenters. The van der Waals surface area contributed by atoms with Gasteiger partial charge in [0.25, 0.3) is 0 Å². The monoisotopic (exact) mass is 398 g/mol. The van der Waals surface area contributed by atoms with Crippen LogP contribution in [0, 0.1) is 13.8 Å².